The molecule has 0 aromatic heterocycles. The highest BCUT2D eigenvalue weighted by molar-refractivity contribution is 7.89. The van der Waals surface area contributed by atoms with Gasteiger partial charge in [-0.05, 0) is 59.5 Å². The summed E-state index contributed by atoms with van der Waals surface area (Å²) in [5.74, 6) is -0.734. The molecular formula is C25H26N4O4S. The Morgan fingerprint density at radius 1 is 0.971 bits per heavy atom. The molecule has 0 aliphatic carbocycles. The second-order valence-electron chi connectivity index (χ2n) is 7.72. The van der Waals surface area contributed by atoms with E-state index in [2.05, 4.69) is 5.32 Å². The van der Waals surface area contributed by atoms with Crippen LogP contribution in [0.25, 0.3) is 23.3 Å². The number of nitrogen functional groups attached to an aromatic ring is 1. The molecule has 0 unspecified atom stereocenters. The number of sulfonamides is 1. The maximum atomic E-state index is 12.0. The maximum Gasteiger partial charge on any atom is 0.250 e. The van der Waals surface area contributed by atoms with Gasteiger partial charge >= 0.3 is 0 Å². The average Bonchev–Trinajstić information content (AvgIpc) is 2.78. The van der Waals surface area contributed by atoms with Crippen molar-refractivity contribution < 1.29 is 18.0 Å². The summed E-state index contributed by atoms with van der Waals surface area (Å²) in [6.07, 6.45) is 4.83. The van der Waals surface area contributed by atoms with Gasteiger partial charge in [0.15, 0.2) is 0 Å². The third-order valence-electron chi connectivity index (χ3n) is 5.08. The number of nitrogens with two attached hydrogens (primary N) is 3. The predicted octanol–water partition coefficient (Wildman–Crippen LogP) is 3.59. The van der Waals surface area contributed by atoms with Crippen molar-refractivity contribution in [1.29, 1.82) is 0 Å². The molecule has 7 N–H and O–H groups in total. The second-order valence-corrected chi connectivity index (χ2v) is 9.28. The minimum absolute atomic E-state index is 0.0353. The Hall–Kier alpha value is -3.95. The quantitative estimate of drug-likeness (QED) is 0.287. The monoisotopic (exact) mass is 478 g/mol. The molecule has 0 radical (unpaired) electrons. The van der Waals surface area contributed by atoms with Crippen LogP contribution in [-0.4, -0.2) is 20.2 Å². The molecule has 0 fully saturated rings. The van der Waals surface area contributed by atoms with E-state index >= 15 is 0 Å². The fourth-order valence-electron chi connectivity index (χ4n) is 3.40. The van der Waals surface area contributed by atoms with Gasteiger partial charge in [0.2, 0.25) is 15.9 Å². The predicted molar refractivity (Wildman–Crippen MR) is 135 cm³/mol. The van der Waals surface area contributed by atoms with E-state index < -0.39 is 15.9 Å². The summed E-state index contributed by atoms with van der Waals surface area (Å²) in [7, 11) is -3.84. The summed E-state index contributed by atoms with van der Waals surface area (Å²) in [5, 5.41) is 8.02. The van der Waals surface area contributed by atoms with E-state index in [0.717, 1.165) is 12.0 Å². The van der Waals surface area contributed by atoms with Crippen LogP contribution < -0.4 is 21.9 Å². The largest absolute Gasteiger partial charge is 0.398 e. The number of primary sulfonamides is 1. The summed E-state index contributed by atoms with van der Waals surface area (Å²) in [4.78, 5) is 23.8. The Morgan fingerprint density at radius 3 is 2.26 bits per heavy atom. The van der Waals surface area contributed by atoms with Crippen molar-refractivity contribution in [1.82, 2.24) is 0 Å². The lowest BCUT2D eigenvalue weighted by molar-refractivity contribution is -0.116. The lowest BCUT2D eigenvalue weighted by atomic mass is 9.96. The first-order valence-electron chi connectivity index (χ1n) is 10.5. The maximum absolute atomic E-state index is 12.0. The molecule has 0 heterocycles. The van der Waals surface area contributed by atoms with Crippen LogP contribution in [0.2, 0.25) is 0 Å². The van der Waals surface area contributed by atoms with Crippen LogP contribution in [0.5, 0.6) is 0 Å². The molecule has 3 aromatic carbocycles. The Labute approximate surface area is 198 Å². The van der Waals surface area contributed by atoms with Crippen LogP contribution in [0.1, 0.15) is 41.3 Å². The minimum atomic E-state index is -3.84. The highest BCUT2D eigenvalue weighted by Gasteiger charge is 2.14. The highest BCUT2D eigenvalue weighted by atomic mass is 32.2. The van der Waals surface area contributed by atoms with Gasteiger partial charge in [0.05, 0.1) is 16.1 Å². The Morgan fingerprint density at radius 2 is 1.65 bits per heavy atom. The van der Waals surface area contributed by atoms with Crippen LogP contribution in [0, 0.1) is 0 Å². The molecule has 0 aliphatic rings. The van der Waals surface area contributed by atoms with E-state index in [0.29, 0.717) is 28.8 Å². The van der Waals surface area contributed by atoms with Crippen LogP contribution in [0.15, 0.2) is 65.6 Å². The normalized spacial score (nSPS) is 11.5. The molecule has 0 bridgehead atoms. The van der Waals surface area contributed by atoms with E-state index in [1.165, 1.54) is 12.1 Å². The van der Waals surface area contributed by atoms with Gasteiger partial charge in [-0.1, -0.05) is 43.3 Å². The molecule has 2 amide bonds. The summed E-state index contributed by atoms with van der Waals surface area (Å²) in [6, 6.07) is 16.6. The van der Waals surface area contributed by atoms with Crippen molar-refractivity contribution in [3.05, 3.63) is 77.4 Å². The zero-order valence-electron chi connectivity index (χ0n) is 18.6. The lowest BCUT2D eigenvalue weighted by Gasteiger charge is -2.12. The number of nitrogens with one attached hydrogen (secondary N) is 1. The van der Waals surface area contributed by atoms with Gasteiger partial charge in [-0.3, -0.25) is 9.59 Å². The Balaban J connectivity index is 1.97. The third-order valence-corrected chi connectivity index (χ3v) is 6.01. The van der Waals surface area contributed by atoms with Crippen LogP contribution in [0.3, 0.4) is 0 Å². The molecule has 0 saturated carbocycles. The first-order valence-corrected chi connectivity index (χ1v) is 12.1. The molecule has 9 heteroatoms. The summed E-state index contributed by atoms with van der Waals surface area (Å²) >= 11 is 0. The van der Waals surface area contributed by atoms with Crippen molar-refractivity contribution in [2.24, 2.45) is 10.9 Å². The molecule has 8 nitrogen and oxygen atoms in total. The minimum Gasteiger partial charge on any atom is -0.398 e. The SMILES string of the molecule is CCCC(=O)Nc1cccc(/C=C/c2cc(C(N)=O)c(N)c(-c3ccc(S(N)(=O)=O)cc3)c2)c1. The van der Waals surface area contributed by atoms with Crippen LogP contribution in [0.4, 0.5) is 11.4 Å². The van der Waals surface area contributed by atoms with Crippen LogP contribution >= 0.6 is 0 Å². The molecule has 176 valence electrons. The Bertz CT molecular complexity index is 1360. The molecular weight excluding hydrogens is 452 g/mol. The first-order chi connectivity index (χ1) is 16.1. The molecule has 0 aliphatic heterocycles. The standard InChI is InChI=1S/C25H26N4O4S/c1-2-4-23(30)29-19-6-3-5-16(13-19)7-8-17-14-21(24(26)22(15-17)25(27)31)18-9-11-20(12-10-18)34(28,32)33/h3,5-15H,2,4,26H2,1H3,(H2,27,31)(H,29,30)(H2,28,32,33)/b8-7+. The number of carbonyl (C=O) groups excluding carboxylic acids is 2. The number of primary amides is 1. The molecule has 3 aromatic rings. The number of carbonyl (C=O) groups is 2. The van der Waals surface area contributed by atoms with E-state index in [-0.39, 0.29) is 22.1 Å². The number of benzene rings is 3. The molecule has 3 rings (SSSR count). The number of amides is 2. The topological polar surface area (TPSA) is 158 Å². The van der Waals surface area contributed by atoms with E-state index in [1.807, 2.05) is 37.3 Å². The van der Waals surface area contributed by atoms with Crippen LogP contribution in [-0.2, 0) is 14.8 Å². The third kappa shape index (κ3) is 6.09. The number of hydrogen-bond acceptors (Lipinski definition) is 5. The van der Waals surface area contributed by atoms with Gasteiger partial charge in [0.1, 0.15) is 0 Å². The van der Waals surface area contributed by atoms with Crippen molar-refractivity contribution in [3.8, 4) is 11.1 Å². The fraction of sp³-hybridized carbons (Fsp3) is 0.120. The fourth-order valence-corrected chi connectivity index (χ4v) is 3.92. The van der Waals surface area contributed by atoms with Gasteiger partial charge < -0.3 is 16.8 Å². The zero-order valence-corrected chi connectivity index (χ0v) is 19.4. The number of anilines is 2. The first kappa shape index (κ1) is 24.7. The van der Waals surface area contributed by atoms with Crippen molar-refractivity contribution >= 4 is 45.4 Å². The van der Waals surface area contributed by atoms with Gasteiger partial charge in [0, 0.05) is 17.7 Å². The number of rotatable bonds is 8. The summed E-state index contributed by atoms with van der Waals surface area (Å²) in [6.45, 7) is 1.94. The van der Waals surface area contributed by atoms with E-state index in [9.17, 15) is 18.0 Å². The average molecular weight is 479 g/mol. The smallest absolute Gasteiger partial charge is 0.250 e. The lowest BCUT2D eigenvalue weighted by Crippen LogP contribution is -2.14. The van der Waals surface area contributed by atoms with E-state index in [4.69, 9.17) is 16.6 Å². The van der Waals surface area contributed by atoms with Gasteiger partial charge in [-0.15, -0.1) is 0 Å². The van der Waals surface area contributed by atoms with Gasteiger partial charge in [0.25, 0.3) is 5.91 Å². The molecule has 0 spiro atoms. The van der Waals surface area contributed by atoms with Gasteiger partial charge in [-0.25, -0.2) is 13.6 Å². The number of hydrogen-bond donors (Lipinski definition) is 4. The summed E-state index contributed by atoms with van der Waals surface area (Å²) in [5.41, 5.74) is 15.4. The Kier molecular flexibility index (Phi) is 7.50. The highest BCUT2D eigenvalue weighted by Crippen LogP contribution is 2.31. The van der Waals surface area contributed by atoms with Gasteiger partial charge in [-0.2, -0.15) is 0 Å². The second kappa shape index (κ2) is 10.3. The molecule has 0 saturated heterocycles. The summed E-state index contributed by atoms with van der Waals surface area (Å²) < 4.78 is 23.1. The van der Waals surface area contributed by atoms with Crippen molar-refractivity contribution in [2.45, 2.75) is 24.7 Å². The molecule has 34 heavy (non-hydrogen) atoms. The van der Waals surface area contributed by atoms with Crippen molar-refractivity contribution in [2.75, 3.05) is 11.1 Å². The van der Waals surface area contributed by atoms with Crippen molar-refractivity contribution in [3.63, 3.8) is 0 Å². The molecule has 0 atom stereocenters. The van der Waals surface area contributed by atoms with E-state index in [1.54, 1.807) is 30.3 Å². The zero-order chi connectivity index (χ0) is 24.9.